The molecule has 0 saturated heterocycles. The van der Waals surface area contributed by atoms with Crippen molar-refractivity contribution in [2.45, 2.75) is 6.92 Å². The number of carbonyl (C=O) groups is 1. The minimum absolute atomic E-state index is 0.283. The molecule has 9 heteroatoms. The molecule has 0 fully saturated rings. The Morgan fingerprint density at radius 2 is 2.13 bits per heavy atom. The molecule has 0 atom stereocenters. The predicted octanol–water partition coefficient (Wildman–Crippen LogP) is 3.29. The minimum atomic E-state index is -0.344. The van der Waals surface area contributed by atoms with Crippen LogP contribution in [-0.4, -0.2) is 25.8 Å². The molecule has 0 aromatic carbocycles. The summed E-state index contributed by atoms with van der Waals surface area (Å²) in [5.74, 6) is 0.195. The van der Waals surface area contributed by atoms with E-state index >= 15 is 0 Å². The van der Waals surface area contributed by atoms with Crippen molar-refractivity contribution in [3.05, 3.63) is 52.8 Å². The molecule has 3 rings (SSSR count). The standard InChI is InChI=1S/C14H11ClN6OS/c1-8-19-12(13(22)20-9-2-3-17-10(15)6-9)14(23-8)21-11-7-16-4-5-18-11/h2-7H,1H3,(H,18,21)(H,17,20,22). The fraction of sp³-hybridized carbons (Fsp3) is 0.0714. The van der Waals surface area contributed by atoms with Crippen molar-refractivity contribution in [1.29, 1.82) is 0 Å². The Kier molecular flexibility index (Phi) is 4.45. The lowest BCUT2D eigenvalue weighted by atomic mass is 10.3. The number of thiazole rings is 1. The molecule has 0 spiro atoms. The summed E-state index contributed by atoms with van der Waals surface area (Å²) in [5, 5.41) is 7.46. The molecule has 0 bridgehead atoms. The van der Waals surface area contributed by atoms with Gasteiger partial charge in [-0.1, -0.05) is 11.6 Å². The molecule has 3 aromatic rings. The first kappa shape index (κ1) is 15.3. The molecule has 23 heavy (non-hydrogen) atoms. The zero-order valence-corrected chi connectivity index (χ0v) is 13.5. The number of nitrogens with zero attached hydrogens (tertiary/aromatic N) is 4. The van der Waals surface area contributed by atoms with Crippen LogP contribution in [0, 0.1) is 6.92 Å². The Hall–Kier alpha value is -2.58. The molecular weight excluding hydrogens is 336 g/mol. The quantitative estimate of drug-likeness (QED) is 0.704. The molecule has 0 aliphatic heterocycles. The number of hydrogen-bond acceptors (Lipinski definition) is 7. The average Bonchev–Trinajstić information content (AvgIpc) is 2.89. The van der Waals surface area contributed by atoms with Crippen LogP contribution >= 0.6 is 22.9 Å². The molecule has 0 aliphatic rings. The second-order valence-electron chi connectivity index (χ2n) is 4.45. The van der Waals surface area contributed by atoms with E-state index in [1.165, 1.54) is 17.5 Å². The molecular formula is C14H11ClN6OS. The first-order valence-corrected chi connectivity index (χ1v) is 7.74. The number of anilines is 3. The Bertz CT molecular complexity index is 838. The topological polar surface area (TPSA) is 92.7 Å². The van der Waals surface area contributed by atoms with E-state index < -0.39 is 0 Å². The lowest BCUT2D eigenvalue weighted by molar-refractivity contribution is 0.102. The average molecular weight is 347 g/mol. The van der Waals surface area contributed by atoms with Gasteiger partial charge in [0.05, 0.1) is 11.2 Å². The second-order valence-corrected chi connectivity index (χ2v) is 6.04. The van der Waals surface area contributed by atoms with E-state index in [-0.39, 0.29) is 11.6 Å². The minimum Gasteiger partial charge on any atom is -0.329 e. The fourth-order valence-electron chi connectivity index (χ4n) is 1.82. The van der Waals surface area contributed by atoms with Gasteiger partial charge in [-0.25, -0.2) is 15.0 Å². The highest BCUT2D eigenvalue weighted by molar-refractivity contribution is 7.16. The fourth-order valence-corrected chi connectivity index (χ4v) is 2.81. The van der Waals surface area contributed by atoms with E-state index in [1.54, 1.807) is 30.7 Å². The van der Waals surface area contributed by atoms with Gasteiger partial charge in [-0.05, 0) is 19.1 Å². The summed E-state index contributed by atoms with van der Waals surface area (Å²) in [4.78, 5) is 28.7. The highest BCUT2D eigenvalue weighted by atomic mass is 35.5. The maximum absolute atomic E-state index is 12.4. The third-order valence-corrected chi connectivity index (χ3v) is 3.83. The predicted molar refractivity (Wildman–Crippen MR) is 89.4 cm³/mol. The van der Waals surface area contributed by atoms with Crippen LogP contribution in [0.15, 0.2) is 36.9 Å². The number of hydrogen-bond donors (Lipinski definition) is 2. The third kappa shape index (κ3) is 3.79. The maximum atomic E-state index is 12.4. The van der Waals surface area contributed by atoms with Gasteiger partial charge >= 0.3 is 0 Å². The summed E-state index contributed by atoms with van der Waals surface area (Å²) in [6.45, 7) is 1.83. The van der Waals surface area contributed by atoms with Crippen LogP contribution in [0.1, 0.15) is 15.5 Å². The lowest BCUT2D eigenvalue weighted by Crippen LogP contribution is -2.14. The summed E-state index contributed by atoms with van der Waals surface area (Å²) in [6, 6.07) is 3.22. The normalized spacial score (nSPS) is 10.3. The summed E-state index contributed by atoms with van der Waals surface area (Å²) >= 11 is 7.18. The molecule has 3 aromatic heterocycles. The highest BCUT2D eigenvalue weighted by Crippen LogP contribution is 2.27. The van der Waals surface area contributed by atoms with Gasteiger partial charge < -0.3 is 10.6 Å². The number of aryl methyl sites for hydroxylation is 1. The third-order valence-electron chi connectivity index (χ3n) is 2.74. The highest BCUT2D eigenvalue weighted by Gasteiger charge is 2.18. The molecule has 2 N–H and O–H groups in total. The molecule has 0 unspecified atom stereocenters. The Balaban J connectivity index is 1.83. The first-order chi connectivity index (χ1) is 11.1. The van der Waals surface area contributed by atoms with Crippen LogP contribution in [-0.2, 0) is 0 Å². The summed E-state index contributed by atoms with van der Waals surface area (Å²) in [6.07, 6.45) is 6.22. The van der Waals surface area contributed by atoms with Crippen LogP contribution in [0.5, 0.6) is 0 Å². The van der Waals surface area contributed by atoms with E-state index in [4.69, 9.17) is 11.6 Å². The van der Waals surface area contributed by atoms with Crippen LogP contribution in [0.4, 0.5) is 16.5 Å². The first-order valence-electron chi connectivity index (χ1n) is 6.55. The van der Waals surface area contributed by atoms with Crippen molar-refractivity contribution in [2.75, 3.05) is 10.6 Å². The van der Waals surface area contributed by atoms with Crippen LogP contribution in [0.25, 0.3) is 0 Å². The second kappa shape index (κ2) is 6.67. The van der Waals surface area contributed by atoms with Gasteiger partial charge in [-0.2, -0.15) is 0 Å². The van der Waals surface area contributed by atoms with Crippen LogP contribution in [0.3, 0.4) is 0 Å². The van der Waals surface area contributed by atoms with Crippen molar-refractivity contribution >= 4 is 45.4 Å². The van der Waals surface area contributed by atoms with Crippen molar-refractivity contribution in [3.8, 4) is 0 Å². The van der Waals surface area contributed by atoms with E-state index in [1.807, 2.05) is 6.92 Å². The van der Waals surface area contributed by atoms with Gasteiger partial charge in [0, 0.05) is 24.3 Å². The van der Waals surface area contributed by atoms with Gasteiger partial charge in [0.2, 0.25) is 0 Å². The zero-order valence-electron chi connectivity index (χ0n) is 11.9. The summed E-state index contributed by atoms with van der Waals surface area (Å²) in [5.41, 5.74) is 0.831. The number of amides is 1. The molecule has 0 aliphatic carbocycles. The molecule has 7 nitrogen and oxygen atoms in total. The summed E-state index contributed by atoms with van der Waals surface area (Å²) in [7, 11) is 0. The van der Waals surface area contributed by atoms with Gasteiger partial charge in [0.15, 0.2) is 5.69 Å². The van der Waals surface area contributed by atoms with Gasteiger partial charge in [-0.15, -0.1) is 11.3 Å². The largest absolute Gasteiger partial charge is 0.329 e. The van der Waals surface area contributed by atoms with Crippen LogP contribution < -0.4 is 10.6 Å². The van der Waals surface area contributed by atoms with E-state index in [2.05, 4.69) is 30.6 Å². The number of carbonyl (C=O) groups excluding carboxylic acids is 1. The molecule has 1 amide bonds. The number of rotatable bonds is 4. The number of halogens is 1. The molecule has 3 heterocycles. The number of aromatic nitrogens is 4. The zero-order chi connectivity index (χ0) is 16.2. The van der Waals surface area contributed by atoms with E-state index in [9.17, 15) is 4.79 Å². The number of nitrogens with one attached hydrogen (secondary N) is 2. The SMILES string of the molecule is Cc1nc(C(=O)Nc2ccnc(Cl)c2)c(Nc2cnccn2)s1. The lowest BCUT2D eigenvalue weighted by Gasteiger charge is -2.06. The molecule has 0 saturated carbocycles. The van der Waals surface area contributed by atoms with Gasteiger partial charge in [-0.3, -0.25) is 9.78 Å². The summed E-state index contributed by atoms with van der Waals surface area (Å²) < 4.78 is 0. The van der Waals surface area contributed by atoms with E-state index in [0.717, 1.165) is 5.01 Å². The Morgan fingerprint density at radius 1 is 1.26 bits per heavy atom. The van der Waals surface area contributed by atoms with Crippen LogP contribution in [0.2, 0.25) is 5.15 Å². The van der Waals surface area contributed by atoms with Crippen molar-refractivity contribution in [3.63, 3.8) is 0 Å². The van der Waals surface area contributed by atoms with Gasteiger partial charge in [0.1, 0.15) is 16.0 Å². The monoisotopic (exact) mass is 346 g/mol. The number of pyridine rings is 1. The smallest absolute Gasteiger partial charge is 0.277 e. The van der Waals surface area contributed by atoms with Crippen molar-refractivity contribution in [1.82, 2.24) is 19.9 Å². The maximum Gasteiger partial charge on any atom is 0.277 e. The Labute approximate surface area is 140 Å². The van der Waals surface area contributed by atoms with Gasteiger partial charge in [0.25, 0.3) is 5.91 Å². The molecule has 0 radical (unpaired) electrons. The van der Waals surface area contributed by atoms with Crippen molar-refractivity contribution < 1.29 is 4.79 Å². The van der Waals surface area contributed by atoms with Crippen molar-refractivity contribution in [2.24, 2.45) is 0 Å². The Morgan fingerprint density at radius 3 is 2.87 bits per heavy atom. The molecule has 116 valence electrons. The van der Waals surface area contributed by atoms with E-state index in [0.29, 0.717) is 21.7 Å².